The Morgan fingerprint density at radius 1 is 1.53 bits per heavy atom. The Morgan fingerprint density at radius 3 is 2.73 bits per heavy atom. The van der Waals surface area contributed by atoms with E-state index in [2.05, 4.69) is 0 Å². The number of halogens is 1. The van der Waals surface area contributed by atoms with Crippen molar-refractivity contribution in [2.45, 2.75) is 27.0 Å². The van der Waals surface area contributed by atoms with E-state index in [0.29, 0.717) is 24.5 Å². The highest BCUT2D eigenvalue weighted by Gasteiger charge is 2.05. The molecule has 1 aromatic heterocycles. The molecule has 0 unspecified atom stereocenters. The summed E-state index contributed by atoms with van der Waals surface area (Å²) in [6.07, 6.45) is 2.47. The Kier molecular flexibility index (Phi) is 4.94. The first-order chi connectivity index (χ1) is 7.11. The molecule has 0 aromatic carbocycles. The zero-order valence-electron chi connectivity index (χ0n) is 8.70. The number of nitrogens with zero attached hydrogens (tertiary/aromatic N) is 2. The highest BCUT2D eigenvalue weighted by Crippen LogP contribution is 2.01. The Hall–Kier alpha value is -0.210. The van der Waals surface area contributed by atoms with Crippen LogP contribution >= 0.6 is 35.1 Å². The summed E-state index contributed by atoms with van der Waals surface area (Å²) in [5, 5.41) is 0. The van der Waals surface area contributed by atoms with Crippen LogP contribution in [0.1, 0.15) is 19.4 Å². The predicted molar refractivity (Wildman–Crippen MR) is 69.9 cm³/mol. The van der Waals surface area contributed by atoms with Crippen LogP contribution in [0, 0.1) is 4.77 Å². The van der Waals surface area contributed by atoms with E-state index in [1.807, 2.05) is 36.7 Å². The molecule has 0 radical (unpaired) electrons. The van der Waals surface area contributed by atoms with Gasteiger partial charge in [-0.2, -0.15) is 0 Å². The Labute approximate surface area is 107 Å². The number of aryl methyl sites for hydroxylation is 1. The van der Waals surface area contributed by atoms with Crippen LogP contribution in [0.5, 0.6) is 0 Å². The molecule has 1 aromatic rings. The van der Waals surface area contributed by atoms with Gasteiger partial charge in [-0.25, -0.2) is 2.78 Å². The minimum Gasteiger partial charge on any atom is -0.361 e. The molecule has 4 nitrogen and oxygen atoms in total. The predicted octanol–water partition coefficient (Wildman–Crippen LogP) is 2.13. The number of rotatable bonds is 4. The minimum absolute atomic E-state index is 0.0316. The zero-order chi connectivity index (χ0) is 11.4. The molecule has 84 valence electrons. The molecule has 6 heteroatoms. The van der Waals surface area contributed by atoms with Gasteiger partial charge in [0.25, 0.3) is 5.56 Å². The third-order valence-electron chi connectivity index (χ3n) is 1.99. The maximum absolute atomic E-state index is 11.7. The summed E-state index contributed by atoms with van der Waals surface area (Å²) in [6.45, 7) is 4.89. The van der Waals surface area contributed by atoms with Crippen molar-refractivity contribution in [2.24, 2.45) is 0 Å². The van der Waals surface area contributed by atoms with E-state index in [1.54, 1.807) is 10.8 Å². The highest BCUT2D eigenvalue weighted by atomic mass is 127. The first kappa shape index (κ1) is 12.9. The van der Waals surface area contributed by atoms with Crippen LogP contribution < -0.4 is 5.56 Å². The van der Waals surface area contributed by atoms with E-state index in [1.165, 1.54) is 2.78 Å². The molecule has 0 amide bonds. The van der Waals surface area contributed by atoms with Crippen molar-refractivity contribution in [2.75, 3.05) is 6.61 Å². The third-order valence-corrected chi connectivity index (χ3v) is 3.63. The molecule has 0 aliphatic carbocycles. The van der Waals surface area contributed by atoms with Crippen molar-refractivity contribution >= 4 is 35.1 Å². The molecule has 0 bridgehead atoms. The molecule has 0 saturated carbocycles. The van der Waals surface area contributed by atoms with Crippen LogP contribution in [0.2, 0.25) is 0 Å². The van der Waals surface area contributed by atoms with Crippen molar-refractivity contribution in [3.8, 4) is 0 Å². The van der Waals surface area contributed by atoms with Gasteiger partial charge in [0, 0.05) is 18.4 Å². The van der Waals surface area contributed by atoms with Gasteiger partial charge in [0.05, 0.1) is 22.9 Å². The lowest BCUT2D eigenvalue weighted by Crippen LogP contribution is -2.23. The lowest BCUT2D eigenvalue weighted by Gasteiger charge is -2.10. The molecule has 15 heavy (non-hydrogen) atoms. The molecular weight excluding hydrogens is 327 g/mol. The number of ether oxygens (including phenoxy) is 1. The Bertz CT molecular complexity index is 452. The second-order valence-corrected chi connectivity index (χ2v) is 4.30. The van der Waals surface area contributed by atoms with Gasteiger partial charge < -0.3 is 9.30 Å². The fraction of sp³-hybridized carbons (Fsp3) is 0.556. The van der Waals surface area contributed by atoms with Gasteiger partial charge in [-0.05, 0) is 25.6 Å². The van der Waals surface area contributed by atoms with E-state index in [0.717, 1.165) is 5.56 Å². The summed E-state index contributed by atoms with van der Waals surface area (Å²) in [7, 11) is 0. The van der Waals surface area contributed by atoms with E-state index in [-0.39, 0.29) is 5.56 Å². The lowest BCUT2D eigenvalue weighted by atomic mass is 10.3. The SMILES string of the molecule is CCOCn1cc(CC)c(=O)n(I)c1=S. The summed E-state index contributed by atoms with van der Waals surface area (Å²) in [5.74, 6) is 0. The molecule has 0 spiro atoms. The molecule has 0 saturated heterocycles. The van der Waals surface area contributed by atoms with Crippen molar-refractivity contribution in [3.05, 3.63) is 26.9 Å². The van der Waals surface area contributed by atoms with Gasteiger partial charge in [0.1, 0.15) is 6.73 Å². The van der Waals surface area contributed by atoms with Crippen LogP contribution in [-0.4, -0.2) is 14.0 Å². The molecule has 0 atom stereocenters. The van der Waals surface area contributed by atoms with Crippen LogP contribution in [0.25, 0.3) is 0 Å². The van der Waals surface area contributed by atoms with Crippen LogP contribution in [0.3, 0.4) is 0 Å². The van der Waals surface area contributed by atoms with E-state index < -0.39 is 0 Å². The van der Waals surface area contributed by atoms with Crippen molar-refractivity contribution in [1.82, 2.24) is 7.35 Å². The lowest BCUT2D eigenvalue weighted by molar-refractivity contribution is 0.0853. The van der Waals surface area contributed by atoms with Gasteiger partial charge in [-0.15, -0.1) is 0 Å². The van der Waals surface area contributed by atoms with Gasteiger partial charge in [0.2, 0.25) is 0 Å². The number of aromatic nitrogens is 2. The summed E-state index contributed by atoms with van der Waals surface area (Å²) in [4.78, 5) is 11.7. The standard InChI is InChI=1S/C9H13IN2O2S/c1-3-7-5-11(6-14-4-2)9(15)12(10)8(7)13/h5H,3-4,6H2,1-2H3. The minimum atomic E-state index is -0.0316. The summed E-state index contributed by atoms with van der Waals surface area (Å²) >= 11 is 7.06. The van der Waals surface area contributed by atoms with Gasteiger partial charge in [0.15, 0.2) is 4.77 Å². The maximum atomic E-state index is 11.7. The van der Waals surface area contributed by atoms with Crippen LogP contribution in [0.4, 0.5) is 0 Å². The Balaban J connectivity index is 3.23. The molecule has 0 aliphatic heterocycles. The molecule has 1 rings (SSSR count). The van der Waals surface area contributed by atoms with E-state index >= 15 is 0 Å². The van der Waals surface area contributed by atoms with Crippen molar-refractivity contribution < 1.29 is 4.74 Å². The normalized spacial score (nSPS) is 10.6. The third kappa shape index (κ3) is 2.88. The topological polar surface area (TPSA) is 36.2 Å². The summed E-state index contributed by atoms with van der Waals surface area (Å²) in [6, 6.07) is 0. The van der Waals surface area contributed by atoms with Crippen LogP contribution in [-0.2, 0) is 17.9 Å². The Morgan fingerprint density at radius 2 is 2.20 bits per heavy atom. The zero-order valence-corrected chi connectivity index (χ0v) is 11.7. The monoisotopic (exact) mass is 340 g/mol. The molecule has 0 aliphatic rings. The first-order valence-corrected chi connectivity index (χ1v) is 6.08. The van der Waals surface area contributed by atoms with E-state index in [9.17, 15) is 4.79 Å². The largest absolute Gasteiger partial charge is 0.361 e. The number of hydrogen-bond donors (Lipinski definition) is 0. The molecule has 0 N–H and O–H groups in total. The maximum Gasteiger partial charge on any atom is 0.266 e. The second-order valence-electron chi connectivity index (χ2n) is 2.97. The summed E-state index contributed by atoms with van der Waals surface area (Å²) in [5.41, 5.74) is 0.716. The fourth-order valence-electron chi connectivity index (χ4n) is 1.15. The molecule has 1 heterocycles. The van der Waals surface area contributed by atoms with Crippen LogP contribution in [0.15, 0.2) is 11.0 Å². The molecule has 0 fully saturated rings. The number of hydrogen-bond acceptors (Lipinski definition) is 3. The summed E-state index contributed by atoms with van der Waals surface area (Å²) < 4.78 is 8.97. The highest BCUT2D eigenvalue weighted by molar-refractivity contribution is 14.1. The van der Waals surface area contributed by atoms with Crippen molar-refractivity contribution in [3.63, 3.8) is 0 Å². The second kappa shape index (κ2) is 5.76. The van der Waals surface area contributed by atoms with Crippen molar-refractivity contribution in [1.29, 1.82) is 0 Å². The average molecular weight is 340 g/mol. The fourth-order valence-corrected chi connectivity index (χ4v) is 1.92. The van der Waals surface area contributed by atoms with Gasteiger partial charge >= 0.3 is 0 Å². The van der Waals surface area contributed by atoms with Gasteiger partial charge in [-0.3, -0.25) is 4.79 Å². The first-order valence-electron chi connectivity index (χ1n) is 4.71. The quantitative estimate of drug-likeness (QED) is 0.622. The smallest absolute Gasteiger partial charge is 0.266 e. The molecular formula is C9H13IN2O2S. The van der Waals surface area contributed by atoms with E-state index in [4.69, 9.17) is 17.0 Å². The van der Waals surface area contributed by atoms with Gasteiger partial charge in [-0.1, -0.05) is 6.92 Å². The average Bonchev–Trinajstić information content (AvgIpc) is 2.25.